The zero-order chi connectivity index (χ0) is 20.7. The van der Waals surface area contributed by atoms with Gasteiger partial charge >= 0.3 is 0 Å². The first kappa shape index (κ1) is 22.6. The third kappa shape index (κ3) is 6.17. The third-order valence-corrected chi connectivity index (χ3v) is 6.56. The molecule has 0 unspecified atom stereocenters. The maximum Gasteiger partial charge on any atom is 0.243 e. The van der Waals surface area contributed by atoms with Gasteiger partial charge in [-0.05, 0) is 49.1 Å². The molecule has 0 aliphatic rings. The molecule has 0 saturated heterocycles. The quantitative estimate of drug-likeness (QED) is 0.630. The molecule has 0 aromatic heterocycles. The second-order valence-electron chi connectivity index (χ2n) is 7.37. The maximum atomic E-state index is 13.4. The molecule has 0 amide bonds. The fourth-order valence-corrected chi connectivity index (χ4v) is 4.90. The van der Waals surface area contributed by atoms with Crippen LogP contribution in [0.25, 0.3) is 6.08 Å². The molecule has 6 heteroatoms. The molecule has 1 atom stereocenters. The smallest absolute Gasteiger partial charge is 0.243 e. The van der Waals surface area contributed by atoms with Gasteiger partial charge in [0.2, 0.25) is 10.0 Å². The SMILES string of the molecule is CC(=Cc1ccccc1)CN([C@H](CO)CC(C)C)S(=O)(=O)c1ccc(Cl)cc1. The standard InChI is InChI=1S/C22H28ClNO3S/c1-17(2)13-21(16-25)24(15-18(3)14-19-7-5-4-6-8-19)28(26,27)22-11-9-20(23)10-12-22/h4-12,14,17,21,25H,13,15-16H2,1-3H3/t21-/m0/s1. The highest BCUT2D eigenvalue weighted by Crippen LogP contribution is 2.25. The fraction of sp³-hybridized carbons (Fsp3) is 0.364. The van der Waals surface area contributed by atoms with Gasteiger partial charge in [-0.25, -0.2) is 8.42 Å². The number of aliphatic hydroxyl groups excluding tert-OH is 1. The van der Waals surface area contributed by atoms with Crippen molar-refractivity contribution < 1.29 is 13.5 Å². The van der Waals surface area contributed by atoms with Crippen molar-refractivity contribution in [2.24, 2.45) is 5.92 Å². The molecule has 28 heavy (non-hydrogen) atoms. The molecule has 2 aromatic carbocycles. The van der Waals surface area contributed by atoms with Gasteiger partial charge in [-0.15, -0.1) is 0 Å². The van der Waals surface area contributed by atoms with E-state index >= 15 is 0 Å². The third-order valence-electron chi connectivity index (χ3n) is 4.40. The highest BCUT2D eigenvalue weighted by molar-refractivity contribution is 7.89. The van der Waals surface area contributed by atoms with Crippen LogP contribution in [0.3, 0.4) is 0 Å². The second-order valence-corrected chi connectivity index (χ2v) is 9.70. The number of benzene rings is 2. The van der Waals surface area contributed by atoms with Gasteiger partial charge in [-0.3, -0.25) is 0 Å². The summed E-state index contributed by atoms with van der Waals surface area (Å²) >= 11 is 5.92. The summed E-state index contributed by atoms with van der Waals surface area (Å²) in [7, 11) is -3.79. The van der Waals surface area contributed by atoms with Gasteiger partial charge in [0.1, 0.15) is 0 Å². The highest BCUT2D eigenvalue weighted by Gasteiger charge is 2.31. The van der Waals surface area contributed by atoms with E-state index in [1.165, 1.54) is 16.4 Å². The van der Waals surface area contributed by atoms with Crippen molar-refractivity contribution in [1.29, 1.82) is 0 Å². The Balaban J connectivity index is 2.41. The van der Waals surface area contributed by atoms with E-state index in [0.29, 0.717) is 11.4 Å². The minimum Gasteiger partial charge on any atom is -0.395 e. The molecule has 0 fully saturated rings. The Labute approximate surface area is 173 Å². The number of sulfonamides is 1. The van der Waals surface area contributed by atoms with Crippen molar-refractivity contribution in [1.82, 2.24) is 4.31 Å². The zero-order valence-corrected chi connectivity index (χ0v) is 18.1. The first-order valence-electron chi connectivity index (χ1n) is 9.34. The Morgan fingerprint density at radius 1 is 1.11 bits per heavy atom. The van der Waals surface area contributed by atoms with Crippen molar-refractivity contribution in [3.8, 4) is 0 Å². The molecular weight excluding hydrogens is 394 g/mol. The van der Waals surface area contributed by atoms with E-state index in [-0.39, 0.29) is 24.0 Å². The molecule has 0 aliphatic carbocycles. The summed E-state index contributed by atoms with van der Waals surface area (Å²) < 4.78 is 28.1. The molecule has 0 heterocycles. The van der Waals surface area contributed by atoms with Crippen LogP contribution in [0.15, 0.2) is 65.1 Å². The van der Waals surface area contributed by atoms with Crippen LogP contribution < -0.4 is 0 Å². The van der Waals surface area contributed by atoms with E-state index in [0.717, 1.165) is 11.1 Å². The van der Waals surface area contributed by atoms with Gasteiger partial charge in [-0.1, -0.05) is 67.4 Å². The molecule has 0 aliphatic heterocycles. The number of aliphatic hydroxyl groups is 1. The highest BCUT2D eigenvalue weighted by atomic mass is 35.5. The van der Waals surface area contributed by atoms with Gasteiger partial charge in [0.05, 0.1) is 11.5 Å². The predicted molar refractivity (Wildman–Crippen MR) is 116 cm³/mol. The van der Waals surface area contributed by atoms with Crippen LogP contribution in [0.4, 0.5) is 0 Å². The Morgan fingerprint density at radius 2 is 1.71 bits per heavy atom. The Kier molecular flexibility index (Phi) is 8.25. The topological polar surface area (TPSA) is 57.6 Å². The summed E-state index contributed by atoms with van der Waals surface area (Å²) in [6.45, 7) is 5.91. The van der Waals surface area contributed by atoms with Crippen molar-refractivity contribution in [2.75, 3.05) is 13.2 Å². The molecule has 0 bridgehead atoms. The number of halogens is 1. The summed E-state index contributed by atoms with van der Waals surface area (Å²) in [5, 5.41) is 10.4. The average molecular weight is 422 g/mol. The lowest BCUT2D eigenvalue weighted by molar-refractivity contribution is 0.173. The van der Waals surface area contributed by atoms with Crippen molar-refractivity contribution in [3.63, 3.8) is 0 Å². The van der Waals surface area contributed by atoms with Crippen LogP contribution in [-0.4, -0.2) is 37.0 Å². The Morgan fingerprint density at radius 3 is 2.25 bits per heavy atom. The molecule has 1 N–H and O–H groups in total. The molecule has 4 nitrogen and oxygen atoms in total. The molecule has 2 rings (SSSR count). The monoisotopic (exact) mass is 421 g/mol. The number of rotatable bonds is 9. The van der Waals surface area contributed by atoms with E-state index in [1.54, 1.807) is 12.1 Å². The average Bonchev–Trinajstić information content (AvgIpc) is 2.65. The fourth-order valence-electron chi connectivity index (χ4n) is 3.10. The van der Waals surface area contributed by atoms with Crippen LogP contribution in [0.1, 0.15) is 32.8 Å². The van der Waals surface area contributed by atoms with Crippen LogP contribution in [0, 0.1) is 5.92 Å². The predicted octanol–water partition coefficient (Wildman–Crippen LogP) is 4.84. The van der Waals surface area contributed by atoms with Gasteiger partial charge in [0, 0.05) is 17.6 Å². The second kappa shape index (κ2) is 10.2. The summed E-state index contributed by atoms with van der Waals surface area (Å²) in [6.07, 6.45) is 2.54. The number of hydrogen-bond donors (Lipinski definition) is 1. The lowest BCUT2D eigenvalue weighted by Gasteiger charge is -2.31. The Bertz CT molecular complexity index is 878. The molecule has 0 radical (unpaired) electrons. The zero-order valence-electron chi connectivity index (χ0n) is 16.5. The summed E-state index contributed by atoms with van der Waals surface area (Å²) in [4.78, 5) is 0.173. The number of hydrogen-bond acceptors (Lipinski definition) is 3. The van der Waals surface area contributed by atoms with Gasteiger partial charge in [0.25, 0.3) is 0 Å². The van der Waals surface area contributed by atoms with Gasteiger partial charge < -0.3 is 5.11 Å². The minimum atomic E-state index is -3.79. The van der Waals surface area contributed by atoms with Crippen LogP contribution >= 0.6 is 11.6 Å². The maximum absolute atomic E-state index is 13.4. The molecule has 0 saturated carbocycles. The van der Waals surface area contributed by atoms with E-state index in [4.69, 9.17) is 11.6 Å². The van der Waals surface area contributed by atoms with Gasteiger partial charge in [0.15, 0.2) is 0 Å². The lowest BCUT2D eigenvalue weighted by atomic mass is 10.0. The van der Waals surface area contributed by atoms with Crippen LogP contribution in [-0.2, 0) is 10.0 Å². The normalized spacial score (nSPS) is 13.9. The largest absolute Gasteiger partial charge is 0.395 e. The summed E-state index contributed by atoms with van der Waals surface area (Å²) in [5.74, 6) is 0.249. The lowest BCUT2D eigenvalue weighted by Crippen LogP contribution is -2.44. The van der Waals surface area contributed by atoms with Crippen LogP contribution in [0.5, 0.6) is 0 Å². The molecule has 0 spiro atoms. The van der Waals surface area contributed by atoms with Crippen LogP contribution in [0.2, 0.25) is 5.02 Å². The first-order chi connectivity index (χ1) is 13.2. The van der Waals surface area contributed by atoms with Crippen molar-refractivity contribution in [2.45, 2.75) is 38.1 Å². The first-order valence-corrected chi connectivity index (χ1v) is 11.2. The molecular formula is C22H28ClNO3S. The molecule has 152 valence electrons. The summed E-state index contributed by atoms with van der Waals surface area (Å²) in [6, 6.07) is 15.4. The van der Waals surface area contributed by atoms with E-state index in [2.05, 4.69) is 0 Å². The minimum absolute atomic E-state index is 0.173. The van der Waals surface area contributed by atoms with Gasteiger partial charge in [-0.2, -0.15) is 4.31 Å². The van der Waals surface area contributed by atoms with E-state index in [9.17, 15) is 13.5 Å². The Hall–Kier alpha value is -1.66. The number of nitrogens with zero attached hydrogens (tertiary/aromatic N) is 1. The molecule has 2 aromatic rings. The van der Waals surface area contributed by atoms with E-state index < -0.39 is 16.1 Å². The van der Waals surface area contributed by atoms with Crippen molar-refractivity contribution in [3.05, 3.63) is 70.8 Å². The van der Waals surface area contributed by atoms with Crippen molar-refractivity contribution >= 4 is 27.7 Å². The van der Waals surface area contributed by atoms with E-state index in [1.807, 2.05) is 57.2 Å². The summed E-state index contributed by atoms with van der Waals surface area (Å²) in [5.41, 5.74) is 1.90.